The Balaban J connectivity index is 1.42. The summed E-state index contributed by atoms with van der Waals surface area (Å²) in [6.07, 6.45) is 7.85. The molecule has 1 amide bonds. The van der Waals surface area contributed by atoms with Crippen molar-refractivity contribution in [2.24, 2.45) is 5.92 Å². The smallest absolute Gasteiger partial charge is 0.220 e. The number of piperidine rings is 1. The first-order valence-electron chi connectivity index (χ1n) is 9.79. The number of unbranched alkanes of at least 4 members (excludes halogenated alkanes) is 1. The molecular weight excluding hydrogens is 344 g/mol. The first-order valence-corrected chi connectivity index (χ1v) is 10.7. The molecule has 1 aliphatic rings. The largest absolute Gasteiger partial charge is 0.468 e. The second kappa shape index (κ2) is 9.93. The molecule has 0 radical (unpaired) electrons. The number of rotatable bonds is 9. The maximum absolute atomic E-state index is 12.3. The molecule has 5 heteroatoms. The lowest BCUT2D eigenvalue weighted by molar-refractivity contribution is -0.121. The molecule has 3 rings (SSSR count). The Hall–Kier alpha value is -1.59. The SMILES string of the molecule is CC1CCN(C(CNC(=O)CCCCc2cccs2)c2ccco2)CC1. The summed E-state index contributed by atoms with van der Waals surface area (Å²) in [5.74, 6) is 1.90. The van der Waals surface area contributed by atoms with Gasteiger partial charge in [0.15, 0.2) is 0 Å². The van der Waals surface area contributed by atoms with E-state index in [1.807, 2.05) is 12.1 Å². The minimum Gasteiger partial charge on any atom is -0.468 e. The van der Waals surface area contributed by atoms with Crippen LogP contribution in [-0.4, -0.2) is 30.4 Å². The summed E-state index contributed by atoms with van der Waals surface area (Å²) in [7, 11) is 0. The molecule has 0 spiro atoms. The summed E-state index contributed by atoms with van der Waals surface area (Å²) in [5.41, 5.74) is 0. The number of carbonyl (C=O) groups is 1. The number of hydrogen-bond acceptors (Lipinski definition) is 4. The Morgan fingerprint density at radius 1 is 1.31 bits per heavy atom. The molecule has 1 N–H and O–H groups in total. The first kappa shape index (κ1) is 19.2. The van der Waals surface area contributed by atoms with Crippen LogP contribution in [0.25, 0.3) is 0 Å². The molecule has 1 fully saturated rings. The summed E-state index contributed by atoms with van der Waals surface area (Å²) in [6.45, 7) is 5.09. The normalized spacial score (nSPS) is 17.3. The second-order valence-electron chi connectivity index (χ2n) is 7.34. The van der Waals surface area contributed by atoms with Gasteiger partial charge in [0.05, 0.1) is 12.3 Å². The standard InChI is InChI=1S/C21H30N2O2S/c1-17-10-12-23(13-11-17)19(20-8-4-14-25-20)16-22-21(24)9-3-2-6-18-7-5-15-26-18/h4-5,7-8,14-15,17,19H,2-3,6,9-13,16H2,1H3,(H,22,24). The van der Waals surface area contributed by atoms with Crippen molar-refractivity contribution in [3.63, 3.8) is 0 Å². The van der Waals surface area contributed by atoms with Gasteiger partial charge in [-0.25, -0.2) is 0 Å². The number of likely N-dealkylation sites (tertiary alicyclic amines) is 1. The third kappa shape index (κ3) is 5.71. The van der Waals surface area contributed by atoms with Crippen LogP contribution in [0.1, 0.15) is 55.7 Å². The van der Waals surface area contributed by atoms with Crippen LogP contribution in [0.3, 0.4) is 0 Å². The highest BCUT2D eigenvalue weighted by Gasteiger charge is 2.26. The van der Waals surface area contributed by atoms with Crippen molar-refractivity contribution < 1.29 is 9.21 Å². The number of carbonyl (C=O) groups excluding carboxylic acids is 1. The molecule has 3 heterocycles. The van der Waals surface area contributed by atoms with Gasteiger partial charge in [0.1, 0.15) is 5.76 Å². The Labute approximate surface area is 160 Å². The van der Waals surface area contributed by atoms with Gasteiger partial charge < -0.3 is 9.73 Å². The maximum atomic E-state index is 12.3. The fraction of sp³-hybridized carbons (Fsp3) is 0.571. The Morgan fingerprint density at radius 3 is 2.85 bits per heavy atom. The highest BCUT2D eigenvalue weighted by Crippen LogP contribution is 2.26. The van der Waals surface area contributed by atoms with Crippen LogP contribution >= 0.6 is 11.3 Å². The molecule has 0 saturated carbocycles. The number of nitrogens with zero attached hydrogens (tertiary/aromatic N) is 1. The number of amides is 1. The van der Waals surface area contributed by atoms with Crippen molar-refractivity contribution in [2.75, 3.05) is 19.6 Å². The lowest BCUT2D eigenvalue weighted by Crippen LogP contribution is -2.41. The third-order valence-electron chi connectivity index (χ3n) is 5.28. The highest BCUT2D eigenvalue weighted by atomic mass is 32.1. The average Bonchev–Trinajstić information content (AvgIpc) is 3.34. The van der Waals surface area contributed by atoms with E-state index < -0.39 is 0 Å². The summed E-state index contributed by atoms with van der Waals surface area (Å²) in [4.78, 5) is 16.1. The van der Waals surface area contributed by atoms with Gasteiger partial charge >= 0.3 is 0 Å². The third-order valence-corrected chi connectivity index (χ3v) is 6.22. The minimum absolute atomic E-state index is 0.146. The maximum Gasteiger partial charge on any atom is 0.220 e. The molecule has 1 atom stereocenters. The quantitative estimate of drug-likeness (QED) is 0.650. The van der Waals surface area contributed by atoms with Crippen molar-refractivity contribution in [2.45, 2.75) is 51.5 Å². The van der Waals surface area contributed by atoms with E-state index in [2.05, 4.69) is 34.7 Å². The predicted molar refractivity (Wildman–Crippen MR) is 106 cm³/mol. The van der Waals surface area contributed by atoms with Gasteiger partial charge in [-0.3, -0.25) is 9.69 Å². The molecule has 0 aliphatic carbocycles. The molecule has 4 nitrogen and oxygen atoms in total. The molecular formula is C21H30N2O2S. The van der Waals surface area contributed by atoms with E-state index in [4.69, 9.17) is 4.42 Å². The van der Waals surface area contributed by atoms with Gasteiger partial charge in [-0.2, -0.15) is 0 Å². The molecule has 26 heavy (non-hydrogen) atoms. The lowest BCUT2D eigenvalue weighted by Gasteiger charge is -2.35. The van der Waals surface area contributed by atoms with E-state index in [0.29, 0.717) is 13.0 Å². The minimum atomic E-state index is 0.146. The fourth-order valence-electron chi connectivity index (χ4n) is 3.57. The van der Waals surface area contributed by atoms with Gasteiger partial charge in [-0.15, -0.1) is 11.3 Å². The van der Waals surface area contributed by atoms with Crippen LogP contribution in [0.4, 0.5) is 0 Å². The van der Waals surface area contributed by atoms with Gasteiger partial charge in [0.2, 0.25) is 5.91 Å². The Morgan fingerprint density at radius 2 is 2.15 bits per heavy atom. The average molecular weight is 375 g/mol. The monoisotopic (exact) mass is 374 g/mol. The van der Waals surface area contributed by atoms with Crippen LogP contribution in [0, 0.1) is 5.92 Å². The Kier molecular flexibility index (Phi) is 7.32. The van der Waals surface area contributed by atoms with Crippen LogP contribution in [-0.2, 0) is 11.2 Å². The van der Waals surface area contributed by atoms with Gasteiger partial charge in [-0.1, -0.05) is 13.0 Å². The number of furan rings is 1. The molecule has 0 bridgehead atoms. The highest BCUT2D eigenvalue weighted by molar-refractivity contribution is 7.09. The van der Waals surface area contributed by atoms with Gasteiger partial charge in [0.25, 0.3) is 0 Å². The number of thiophene rings is 1. The van der Waals surface area contributed by atoms with Crippen molar-refractivity contribution in [3.8, 4) is 0 Å². The summed E-state index contributed by atoms with van der Waals surface area (Å²) in [6, 6.07) is 8.35. The van der Waals surface area contributed by atoms with Crippen LogP contribution in [0.2, 0.25) is 0 Å². The summed E-state index contributed by atoms with van der Waals surface area (Å²) in [5, 5.41) is 5.24. The molecule has 142 valence electrons. The number of nitrogens with one attached hydrogen (secondary N) is 1. The molecule has 1 unspecified atom stereocenters. The van der Waals surface area contributed by atoms with Crippen LogP contribution < -0.4 is 5.32 Å². The summed E-state index contributed by atoms with van der Waals surface area (Å²) >= 11 is 1.79. The molecule has 2 aromatic heterocycles. The Bertz CT molecular complexity index is 631. The molecule has 0 aromatic carbocycles. The van der Waals surface area contributed by atoms with E-state index in [1.54, 1.807) is 17.6 Å². The zero-order chi connectivity index (χ0) is 18.2. The van der Waals surface area contributed by atoms with Crippen molar-refractivity contribution in [1.82, 2.24) is 10.2 Å². The lowest BCUT2D eigenvalue weighted by atomic mass is 9.97. The molecule has 1 saturated heterocycles. The zero-order valence-corrected chi connectivity index (χ0v) is 16.5. The van der Waals surface area contributed by atoms with Crippen LogP contribution in [0.5, 0.6) is 0 Å². The zero-order valence-electron chi connectivity index (χ0n) is 15.7. The molecule has 1 aliphatic heterocycles. The van der Waals surface area contributed by atoms with Crippen molar-refractivity contribution in [1.29, 1.82) is 0 Å². The number of hydrogen-bond donors (Lipinski definition) is 1. The van der Waals surface area contributed by atoms with Gasteiger partial charge in [-0.05, 0) is 74.7 Å². The van der Waals surface area contributed by atoms with Gasteiger partial charge in [0, 0.05) is 17.8 Å². The number of aryl methyl sites for hydroxylation is 1. The topological polar surface area (TPSA) is 45.5 Å². The van der Waals surface area contributed by atoms with E-state index in [9.17, 15) is 4.79 Å². The van der Waals surface area contributed by atoms with Crippen molar-refractivity contribution in [3.05, 3.63) is 46.5 Å². The molecule has 2 aromatic rings. The van der Waals surface area contributed by atoms with E-state index >= 15 is 0 Å². The van der Waals surface area contributed by atoms with E-state index in [1.165, 1.54) is 17.7 Å². The predicted octanol–water partition coefficient (Wildman–Crippen LogP) is 4.64. The van der Waals surface area contributed by atoms with Crippen molar-refractivity contribution >= 4 is 17.2 Å². The summed E-state index contributed by atoms with van der Waals surface area (Å²) < 4.78 is 5.66. The van der Waals surface area contributed by atoms with E-state index in [0.717, 1.165) is 44.0 Å². The first-order chi connectivity index (χ1) is 12.7. The van der Waals surface area contributed by atoms with E-state index in [-0.39, 0.29) is 11.9 Å². The fourth-order valence-corrected chi connectivity index (χ4v) is 4.32. The second-order valence-corrected chi connectivity index (χ2v) is 8.37. The van der Waals surface area contributed by atoms with Crippen LogP contribution in [0.15, 0.2) is 40.3 Å².